The number of pyridine rings is 1. The molecule has 0 saturated heterocycles. The molecule has 0 atom stereocenters. The number of amides is 2. The van der Waals surface area contributed by atoms with Gasteiger partial charge >= 0.3 is 0 Å². The van der Waals surface area contributed by atoms with E-state index in [2.05, 4.69) is 32.6 Å². The van der Waals surface area contributed by atoms with Gasteiger partial charge in [-0.1, -0.05) is 41.6 Å². The van der Waals surface area contributed by atoms with Crippen LogP contribution in [0.4, 0.5) is 10.2 Å². The van der Waals surface area contributed by atoms with E-state index in [0.717, 1.165) is 31.2 Å². The molecular weight excluding hydrogens is 457 g/mol. The molecule has 34 heavy (non-hydrogen) atoms. The van der Waals surface area contributed by atoms with E-state index < -0.39 is 11.7 Å². The van der Waals surface area contributed by atoms with Gasteiger partial charge in [0.05, 0.1) is 17.3 Å². The van der Waals surface area contributed by atoms with Gasteiger partial charge in [0.15, 0.2) is 11.6 Å². The smallest absolute Gasteiger partial charge is 0.276 e. The number of hydrogen-bond donors (Lipinski definition) is 2. The molecule has 3 aromatic rings. The maximum atomic E-state index is 14.6. The Morgan fingerprint density at radius 2 is 1.79 bits per heavy atom. The molecule has 1 aromatic carbocycles. The zero-order valence-electron chi connectivity index (χ0n) is 18.5. The van der Waals surface area contributed by atoms with Crippen molar-refractivity contribution >= 4 is 29.2 Å². The first-order chi connectivity index (χ1) is 16.4. The monoisotopic (exact) mass is 479 g/mol. The van der Waals surface area contributed by atoms with E-state index in [4.69, 9.17) is 11.6 Å². The maximum Gasteiger partial charge on any atom is 0.276 e. The number of carbonyl (C=O) groups is 2. The summed E-state index contributed by atoms with van der Waals surface area (Å²) in [7, 11) is 0. The molecule has 0 unspecified atom stereocenters. The first kappa shape index (κ1) is 23.5. The molecule has 1 aliphatic carbocycles. The van der Waals surface area contributed by atoms with Gasteiger partial charge in [0.2, 0.25) is 5.91 Å². The Hall–Kier alpha value is -3.70. The Balaban J connectivity index is 1.46. The number of aromatic nitrogens is 3. The van der Waals surface area contributed by atoms with E-state index in [0.29, 0.717) is 5.56 Å². The molecule has 1 fully saturated rings. The van der Waals surface area contributed by atoms with Crippen molar-refractivity contribution in [2.24, 2.45) is 0 Å². The van der Waals surface area contributed by atoms with Crippen LogP contribution >= 0.6 is 11.6 Å². The zero-order chi connectivity index (χ0) is 24.1. The van der Waals surface area contributed by atoms with Crippen molar-refractivity contribution in [2.45, 2.75) is 44.7 Å². The van der Waals surface area contributed by atoms with Crippen molar-refractivity contribution in [3.05, 3.63) is 76.5 Å². The quantitative estimate of drug-likeness (QED) is 0.545. The van der Waals surface area contributed by atoms with Gasteiger partial charge in [-0.3, -0.25) is 14.3 Å². The van der Waals surface area contributed by atoms with Crippen LogP contribution in [0.2, 0.25) is 5.02 Å². The average molecular weight is 480 g/mol. The maximum absolute atomic E-state index is 14.6. The predicted octanol–water partition coefficient (Wildman–Crippen LogP) is 4.34. The molecule has 1 aliphatic rings. The summed E-state index contributed by atoms with van der Waals surface area (Å²) in [4.78, 5) is 28.3. The van der Waals surface area contributed by atoms with Crippen LogP contribution in [0.1, 0.15) is 60.3 Å². The van der Waals surface area contributed by atoms with Gasteiger partial charge in [-0.15, -0.1) is 0 Å². The van der Waals surface area contributed by atoms with Crippen LogP contribution in [0, 0.1) is 17.7 Å². The van der Waals surface area contributed by atoms with E-state index in [-0.39, 0.29) is 34.5 Å². The lowest BCUT2D eigenvalue weighted by molar-refractivity contribution is -0.119. The number of nitrogens with one attached hydrogen (secondary N) is 2. The minimum absolute atomic E-state index is 0.0494. The molecule has 0 aliphatic heterocycles. The van der Waals surface area contributed by atoms with Gasteiger partial charge in [0.25, 0.3) is 5.91 Å². The van der Waals surface area contributed by atoms with Crippen LogP contribution < -0.4 is 10.6 Å². The van der Waals surface area contributed by atoms with E-state index >= 15 is 0 Å². The lowest BCUT2D eigenvalue weighted by atomic mass is 9.91. The molecule has 7 nitrogen and oxygen atoms in total. The van der Waals surface area contributed by atoms with E-state index in [1.54, 1.807) is 4.68 Å². The topological polar surface area (TPSA) is 88.9 Å². The second kappa shape index (κ2) is 10.5. The van der Waals surface area contributed by atoms with Crippen LogP contribution in [-0.4, -0.2) is 32.6 Å². The van der Waals surface area contributed by atoms with Gasteiger partial charge in [0.1, 0.15) is 5.69 Å². The molecule has 2 amide bonds. The summed E-state index contributed by atoms with van der Waals surface area (Å²) in [5.41, 5.74) is 1.34. The van der Waals surface area contributed by atoms with E-state index in [9.17, 15) is 14.0 Å². The Morgan fingerprint density at radius 3 is 2.47 bits per heavy atom. The van der Waals surface area contributed by atoms with Crippen LogP contribution in [-0.2, 0) is 4.79 Å². The normalized spacial score (nSPS) is 17.4. The first-order valence-corrected chi connectivity index (χ1v) is 11.3. The third-order valence-electron chi connectivity index (χ3n) is 5.61. The number of benzene rings is 1. The largest absolute Gasteiger partial charge is 0.354 e. The van der Waals surface area contributed by atoms with Crippen molar-refractivity contribution in [3.8, 4) is 11.8 Å². The summed E-state index contributed by atoms with van der Waals surface area (Å²) in [6.07, 6.45) is 5.80. The fraction of sp³-hybridized carbons (Fsp3) is 0.280. The minimum Gasteiger partial charge on any atom is -0.354 e. The highest BCUT2D eigenvalue weighted by molar-refractivity contribution is 6.34. The number of nitrogens with zero attached hydrogens (tertiary/aromatic N) is 3. The highest BCUT2D eigenvalue weighted by Gasteiger charge is 2.28. The summed E-state index contributed by atoms with van der Waals surface area (Å²) in [5, 5.41) is 9.87. The number of hydrogen-bond acceptors (Lipinski definition) is 4. The number of anilines is 1. The van der Waals surface area contributed by atoms with E-state index in [1.165, 1.54) is 25.4 Å². The van der Waals surface area contributed by atoms with Gasteiger partial charge in [0, 0.05) is 30.3 Å². The van der Waals surface area contributed by atoms with Crippen LogP contribution in [0.25, 0.3) is 0 Å². The molecular formula is C25H23ClFN5O2. The Morgan fingerprint density at radius 1 is 1.09 bits per heavy atom. The third-order valence-corrected chi connectivity index (χ3v) is 5.89. The fourth-order valence-electron chi connectivity index (χ4n) is 4.01. The summed E-state index contributed by atoms with van der Waals surface area (Å²) >= 11 is 6.25. The molecule has 2 N–H and O–H groups in total. The average Bonchev–Trinajstić information content (AvgIpc) is 3.21. The molecule has 174 valence electrons. The Labute approximate surface area is 201 Å². The van der Waals surface area contributed by atoms with Crippen molar-refractivity contribution in [1.82, 2.24) is 20.1 Å². The lowest BCUT2D eigenvalue weighted by Crippen LogP contribution is -2.37. The first-order valence-electron chi connectivity index (χ1n) is 10.9. The SMILES string of the molecule is CC(=O)N[C@H]1CC[C@@H](n2ncc(Cl)c2C(=O)Nc2ncc(C#Cc3ccccc3)cc2F)CC1. The van der Waals surface area contributed by atoms with Gasteiger partial charge in [-0.25, -0.2) is 9.37 Å². The lowest BCUT2D eigenvalue weighted by Gasteiger charge is -2.29. The minimum atomic E-state index is -0.703. The molecule has 0 spiro atoms. The molecule has 2 heterocycles. The number of carbonyl (C=O) groups excluding carboxylic acids is 2. The fourth-order valence-corrected chi connectivity index (χ4v) is 4.23. The highest BCUT2D eigenvalue weighted by atomic mass is 35.5. The standard InChI is InChI=1S/C25H23ClFN5O2/c1-16(33)30-19-9-11-20(12-10-19)32-23(21(26)15-29-32)25(34)31-24-22(27)13-18(14-28-24)8-7-17-5-3-2-4-6-17/h2-6,13-15,19-20H,9-12H2,1H3,(H,30,33)(H,28,31,34)/t19-,20+. The molecule has 2 aromatic heterocycles. The number of rotatable bonds is 4. The summed E-state index contributed by atoms with van der Waals surface area (Å²) < 4.78 is 16.2. The number of halogens is 2. The molecule has 0 bridgehead atoms. The van der Waals surface area contributed by atoms with Gasteiger partial charge in [-0.2, -0.15) is 5.10 Å². The molecule has 9 heteroatoms. The predicted molar refractivity (Wildman–Crippen MR) is 127 cm³/mol. The van der Waals surface area contributed by atoms with Crippen LogP contribution in [0.5, 0.6) is 0 Å². The third kappa shape index (κ3) is 5.61. The highest BCUT2D eigenvalue weighted by Crippen LogP contribution is 2.31. The van der Waals surface area contributed by atoms with E-state index in [1.807, 2.05) is 30.3 Å². The summed E-state index contributed by atoms with van der Waals surface area (Å²) in [6.45, 7) is 1.50. The van der Waals surface area contributed by atoms with Crippen LogP contribution in [0.15, 0.2) is 48.8 Å². The van der Waals surface area contributed by atoms with Crippen molar-refractivity contribution < 1.29 is 14.0 Å². The van der Waals surface area contributed by atoms with Crippen LogP contribution in [0.3, 0.4) is 0 Å². The molecule has 0 radical (unpaired) electrons. The van der Waals surface area contributed by atoms with Crippen molar-refractivity contribution in [2.75, 3.05) is 5.32 Å². The zero-order valence-corrected chi connectivity index (χ0v) is 19.3. The van der Waals surface area contributed by atoms with Crippen molar-refractivity contribution in [3.63, 3.8) is 0 Å². The van der Waals surface area contributed by atoms with Gasteiger partial charge < -0.3 is 10.6 Å². The Bertz CT molecular complexity index is 1260. The van der Waals surface area contributed by atoms with Crippen molar-refractivity contribution in [1.29, 1.82) is 0 Å². The summed E-state index contributed by atoms with van der Waals surface area (Å²) in [6, 6.07) is 10.6. The molecule has 1 saturated carbocycles. The molecule has 4 rings (SSSR count). The van der Waals surface area contributed by atoms with Gasteiger partial charge in [-0.05, 0) is 43.9 Å². The second-order valence-corrected chi connectivity index (χ2v) is 8.52. The summed E-state index contributed by atoms with van der Waals surface area (Å²) in [5.74, 6) is 4.23. The Kier molecular flexibility index (Phi) is 7.24. The second-order valence-electron chi connectivity index (χ2n) is 8.12.